The molecule has 32 heavy (non-hydrogen) atoms. The third-order valence-corrected chi connectivity index (χ3v) is 12.9. The van der Waals surface area contributed by atoms with Crippen LogP contribution in [-0.4, -0.2) is 33.9 Å². The maximum absolute atomic E-state index is 11.8. The third-order valence-electron chi connectivity index (χ3n) is 6.85. The molecule has 4 atom stereocenters. The number of aldehydes is 1. The van der Waals surface area contributed by atoms with Crippen LogP contribution in [0.25, 0.3) is 0 Å². The van der Waals surface area contributed by atoms with Gasteiger partial charge in [0.05, 0.1) is 25.9 Å². The molecule has 4 nitrogen and oxygen atoms in total. The van der Waals surface area contributed by atoms with Crippen LogP contribution < -0.4 is 4.74 Å². The minimum Gasteiger partial charge on any atom is -0.497 e. The summed E-state index contributed by atoms with van der Waals surface area (Å²) in [5.74, 6) is 0.559. The van der Waals surface area contributed by atoms with Gasteiger partial charge in [-0.3, -0.25) is 0 Å². The van der Waals surface area contributed by atoms with Gasteiger partial charge in [0, 0.05) is 11.8 Å². The van der Waals surface area contributed by atoms with E-state index in [0.29, 0.717) is 23.2 Å². The van der Waals surface area contributed by atoms with E-state index in [0.717, 1.165) is 23.2 Å². The second kappa shape index (κ2) is 12.7. The smallest absolute Gasteiger partial charge is 0.201 e. The fraction of sp³-hybridized carbons (Fsp3) is 0.667. The zero-order chi connectivity index (χ0) is 24.6. The first-order valence-corrected chi connectivity index (χ1v) is 14.1. The van der Waals surface area contributed by atoms with Gasteiger partial charge < -0.3 is 18.7 Å². The fourth-order valence-electron chi connectivity index (χ4n) is 5.23. The van der Waals surface area contributed by atoms with Crippen molar-refractivity contribution in [2.75, 3.05) is 7.11 Å². The summed E-state index contributed by atoms with van der Waals surface area (Å²) in [6.07, 6.45) is 0.564. The summed E-state index contributed by atoms with van der Waals surface area (Å²) in [6.45, 7) is 24.6. The van der Waals surface area contributed by atoms with Crippen LogP contribution >= 0.6 is 0 Å². The number of carbonyl (C=O) groups is 1. The van der Waals surface area contributed by atoms with Crippen molar-refractivity contribution in [3.63, 3.8) is 0 Å². The second-order valence-corrected chi connectivity index (χ2v) is 15.6. The van der Waals surface area contributed by atoms with Crippen LogP contribution in [0, 0.1) is 11.8 Å². The van der Waals surface area contributed by atoms with E-state index in [1.54, 1.807) is 7.11 Å². The van der Waals surface area contributed by atoms with Crippen LogP contribution in [0.1, 0.15) is 67.9 Å². The highest BCUT2D eigenvalue weighted by molar-refractivity contribution is 6.77. The Labute approximate surface area is 197 Å². The summed E-state index contributed by atoms with van der Waals surface area (Å²) in [7, 11) is -0.469. The van der Waals surface area contributed by atoms with Gasteiger partial charge in [-0.1, -0.05) is 79.7 Å². The van der Waals surface area contributed by atoms with Gasteiger partial charge >= 0.3 is 0 Å². The first kappa shape index (κ1) is 28.6. The first-order chi connectivity index (χ1) is 14.9. The van der Waals surface area contributed by atoms with Gasteiger partial charge in [-0.25, -0.2) is 0 Å². The average Bonchev–Trinajstić information content (AvgIpc) is 2.73. The molecule has 0 aromatic heterocycles. The van der Waals surface area contributed by atoms with Crippen molar-refractivity contribution in [2.45, 2.75) is 97.8 Å². The number of benzene rings is 1. The Bertz CT molecular complexity index is 689. The quantitative estimate of drug-likeness (QED) is 0.167. The van der Waals surface area contributed by atoms with Crippen LogP contribution in [0.15, 0.2) is 36.4 Å². The van der Waals surface area contributed by atoms with E-state index >= 15 is 0 Å². The van der Waals surface area contributed by atoms with E-state index in [2.05, 4.69) is 55.0 Å². The Kier molecular flexibility index (Phi) is 11.4. The van der Waals surface area contributed by atoms with Crippen molar-refractivity contribution in [1.82, 2.24) is 0 Å². The number of hydrogen-bond acceptors (Lipinski definition) is 4. The lowest BCUT2D eigenvalue weighted by Gasteiger charge is -2.47. The molecule has 0 fully saturated rings. The molecule has 0 N–H and O–H groups in total. The van der Waals surface area contributed by atoms with E-state index in [9.17, 15) is 4.79 Å². The van der Waals surface area contributed by atoms with Gasteiger partial charge in [0.25, 0.3) is 0 Å². The third kappa shape index (κ3) is 6.78. The maximum Gasteiger partial charge on any atom is 0.201 e. The molecule has 0 aliphatic carbocycles. The lowest BCUT2D eigenvalue weighted by atomic mass is 9.87. The fourth-order valence-corrected chi connectivity index (χ4v) is 10.9. The summed E-state index contributed by atoms with van der Waals surface area (Å²) >= 11 is 0. The molecule has 0 saturated carbocycles. The highest BCUT2D eigenvalue weighted by Crippen LogP contribution is 2.45. The number of methoxy groups -OCH3 is 1. The molecular weight excluding hydrogens is 416 g/mol. The van der Waals surface area contributed by atoms with Crippen LogP contribution in [0.5, 0.6) is 5.75 Å². The summed E-state index contributed by atoms with van der Waals surface area (Å²) in [5, 5.41) is 0. The molecule has 1 aromatic rings. The summed E-state index contributed by atoms with van der Waals surface area (Å²) in [6, 6.07) is 7.84. The predicted octanol–water partition coefficient (Wildman–Crippen LogP) is 7.19. The lowest BCUT2D eigenvalue weighted by molar-refractivity contribution is -0.119. The molecule has 0 saturated heterocycles. The lowest BCUT2D eigenvalue weighted by Crippen LogP contribution is -2.53. The van der Waals surface area contributed by atoms with Crippen LogP contribution in [0.2, 0.25) is 16.6 Å². The molecule has 0 bridgehead atoms. The average molecular weight is 463 g/mol. The Morgan fingerprint density at radius 2 is 1.47 bits per heavy atom. The number of ether oxygens (including phenoxy) is 2. The Morgan fingerprint density at radius 3 is 1.84 bits per heavy atom. The molecule has 0 unspecified atom stereocenters. The minimum atomic E-state index is -2.12. The molecular formula is C27H46O4Si. The summed E-state index contributed by atoms with van der Waals surface area (Å²) in [4.78, 5) is 11.8. The van der Waals surface area contributed by atoms with Crippen molar-refractivity contribution in [2.24, 2.45) is 11.8 Å². The predicted molar refractivity (Wildman–Crippen MR) is 137 cm³/mol. The van der Waals surface area contributed by atoms with Gasteiger partial charge in [0.1, 0.15) is 12.0 Å². The van der Waals surface area contributed by atoms with Crippen molar-refractivity contribution in [3.8, 4) is 5.75 Å². The largest absolute Gasteiger partial charge is 0.497 e. The zero-order valence-corrected chi connectivity index (χ0v) is 23.0. The van der Waals surface area contributed by atoms with E-state index in [-0.39, 0.29) is 24.0 Å². The Hall–Kier alpha value is -1.43. The summed E-state index contributed by atoms with van der Waals surface area (Å²) in [5.41, 5.74) is 3.45. The molecule has 182 valence electrons. The molecule has 0 amide bonds. The maximum atomic E-state index is 11.8. The molecule has 0 heterocycles. The molecule has 0 spiro atoms. The topological polar surface area (TPSA) is 44.8 Å². The van der Waals surface area contributed by atoms with Crippen LogP contribution in [-0.2, 0) is 20.6 Å². The highest BCUT2D eigenvalue weighted by Gasteiger charge is 2.48. The molecule has 5 heteroatoms. The molecule has 1 aromatic carbocycles. The van der Waals surface area contributed by atoms with Gasteiger partial charge in [0.2, 0.25) is 8.32 Å². The number of rotatable bonds is 14. The molecule has 0 aliphatic heterocycles. The monoisotopic (exact) mass is 462 g/mol. The van der Waals surface area contributed by atoms with E-state index in [4.69, 9.17) is 13.9 Å². The van der Waals surface area contributed by atoms with E-state index in [1.807, 2.05) is 38.1 Å². The van der Waals surface area contributed by atoms with Crippen molar-refractivity contribution >= 4 is 14.6 Å². The normalized spacial score (nSPS) is 16.2. The van der Waals surface area contributed by atoms with Gasteiger partial charge in [-0.2, -0.15) is 0 Å². The van der Waals surface area contributed by atoms with Crippen molar-refractivity contribution in [1.29, 1.82) is 0 Å². The zero-order valence-electron chi connectivity index (χ0n) is 22.0. The van der Waals surface area contributed by atoms with Crippen LogP contribution in [0.3, 0.4) is 0 Å². The molecule has 0 aliphatic rings. The standard InChI is InChI=1S/C27H46O4Si/c1-18(2)26(31-32(19(3)4,20(5)6)21(7)8)23(10)27(22(9)16-28)30-17-24-12-14-25(29-11)15-13-24/h12-16,19-23,26-27H,1,17H2,2-11H3/t22-,23+,26-,27-/m0/s1. The van der Waals surface area contributed by atoms with Gasteiger partial charge in [0.15, 0.2) is 0 Å². The Balaban J connectivity index is 3.20. The SMILES string of the molecule is C=C(C)[C@H](O[Si](C(C)C)(C(C)C)C(C)C)[C@@H](C)[C@@H](OCc1ccc(OC)cc1)[C@@H](C)C=O. The highest BCUT2D eigenvalue weighted by atomic mass is 28.4. The van der Waals surface area contributed by atoms with Crippen molar-refractivity contribution in [3.05, 3.63) is 42.0 Å². The van der Waals surface area contributed by atoms with Crippen molar-refractivity contribution < 1.29 is 18.7 Å². The number of hydrogen-bond donors (Lipinski definition) is 0. The minimum absolute atomic E-state index is 0.00549. The molecule has 0 radical (unpaired) electrons. The van der Waals surface area contributed by atoms with E-state index in [1.165, 1.54) is 0 Å². The number of carbonyl (C=O) groups excluding carboxylic acids is 1. The van der Waals surface area contributed by atoms with E-state index < -0.39 is 8.32 Å². The van der Waals surface area contributed by atoms with Crippen LogP contribution in [0.4, 0.5) is 0 Å². The first-order valence-electron chi connectivity index (χ1n) is 11.9. The van der Waals surface area contributed by atoms with Gasteiger partial charge in [-0.05, 0) is 41.2 Å². The molecule has 1 rings (SSSR count). The summed E-state index contributed by atoms with van der Waals surface area (Å²) < 4.78 is 18.7. The van der Waals surface area contributed by atoms with Gasteiger partial charge in [-0.15, -0.1) is 0 Å². The second-order valence-electron chi connectivity index (χ2n) is 10.2. The Morgan fingerprint density at radius 1 is 0.969 bits per heavy atom.